The summed E-state index contributed by atoms with van der Waals surface area (Å²) >= 11 is 0. The molecule has 120 valence electrons. The summed E-state index contributed by atoms with van der Waals surface area (Å²) < 4.78 is 5.30. The molecule has 2 amide bonds. The minimum absolute atomic E-state index is 0.0178. The molecule has 0 aliphatic heterocycles. The van der Waals surface area contributed by atoms with Crippen molar-refractivity contribution in [1.29, 1.82) is 0 Å². The lowest BCUT2D eigenvalue weighted by Gasteiger charge is -2.08. The van der Waals surface area contributed by atoms with Gasteiger partial charge in [0, 0.05) is 19.2 Å². The van der Waals surface area contributed by atoms with Crippen LogP contribution in [0, 0.1) is 10.1 Å². The molecule has 0 unspecified atom stereocenters. The summed E-state index contributed by atoms with van der Waals surface area (Å²) in [6, 6.07) is 5.61. The predicted octanol–water partition coefficient (Wildman–Crippen LogP) is 1.46. The average Bonchev–Trinajstić information content (AvgIpc) is 2.46. The SMILES string of the molecule is CC(C)OCCCNC(=O)C(=O)Nc1ccccc1[N+](=O)[O-]. The van der Waals surface area contributed by atoms with Gasteiger partial charge in [-0.3, -0.25) is 19.7 Å². The standard InChI is InChI=1S/C14H19N3O5/c1-10(2)22-9-5-8-15-13(18)14(19)16-11-6-3-4-7-12(11)17(20)21/h3-4,6-7,10H,5,8-9H2,1-2H3,(H,15,18)(H,16,19). The second kappa shape index (κ2) is 8.73. The number of nitrogens with one attached hydrogen (secondary N) is 2. The highest BCUT2D eigenvalue weighted by atomic mass is 16.6. The zero-order chi connectivity index (χ0) is 16.5. The number of para-hydroxylation sites is 2. The summed E-state index contributed by atoms with van der Waals surface area (Å²) in [5.74, 6) is -1.79. The number of rotatable bonds is 7. The van der Waals surface area contributed by atoms with Gasteiger partial charge in [-0.15, -0.1) is 0 Å². The van der Waals surface area contributed by atoms with Crippen LogP contribution in [0.15, 0.2) is 24.3 Å². The molecular formula is C14H19N3O5. The van der Waals surface area contributed by atoms with Crippen molar-refractivity contribution in [3.05, 3.63) is 34.4 Å². The highest BCUT2D eigenvalue weighted by Gasteiger charge is 2.18. The maximum absolute atomic E-state index is 11.7. The summed E-state index contributed by atoms with van der Waals surface area (Å²) in [6.45, 7) is 4.57. The first-order chi connectivity index (χ1) is 10.4. The molecule has 1 aromatic rings. The second-order valence-corrected chi connectivity index (χ2v) is 4.76. The van der Waals surface area contributed by atoms with Crippen molar-refractivity contribution in [1.82, 2.24) is 5.32 Å². The van der Waals surface area contributed by atoms with Crippen molar-refractivity contribution in [2.45, 2.75) is 26.4 Å². The number of carbonyl (C=O) groups excluding carboxylic acids is 2. The monoisotopic (exact) mass is 309 g/mol. The van der Waals surface area contributed by atoms with Gasteiger partial charge in [-0.2, -0.15) is 0 Å². The smallest absolute Gasteiger partial charge is 0.313 e. The molecule has 0 saturated heterocycles. The average molecular weight is 309 g/mol. The first kappa shape index (κ1) is 17.6. The van der Waals surface area contributed by atoms with E-state index in [1.54, 1.807) is 0 Å². The van der Waals surface area contributed by atoms with Crippen molar-refractivity contribution >= 4 is 23.2 Å². The number of hydrogen-bond donors (Lipinski definition) is 2. The first-order valence-corrected chi connectivity index (χ1v) is 6.86. The fourth-order valence-corrected chi connectivity index (χ4v) is 1.59. The van der Waals surface area contributed by atoms with E-state index < -0.39 is 16.7 Å². The third kappa shape index (κ3) is 5.88. The molecule has 0 saturated carbocycles. The van der Waals surface area contributed by atoms with E-state index >= 15 is 0 Å². The van der Waals surface area contributed by atoms with Crippen LogP contribution in [0.2, 0.25) is 0 Å². The highest BCUT2D eigenvalue weighted by Crippen LogP contribution is 2.22. The van der Waals surface area contributed by atoms with Crippen molar-refractivity contribution in [3.63, 3.8) is 0 Å². The molecule has 0 aliphatic rings. The Hall–Kier alpha value is -2.48. The van der Waals surface area contributed by atoms with Gasteiger partial charge >= 0.3 is 11.8 Å². The van der Waals surface area contributed by atoms with Crippen molar-refractivity contribution in [3.8, 4) is 0 Å². The highest BCUT2D eigenvalue weighted by molar-refractivity contribution is 6.39. The van der Waals surface area contributed by atoms with Gasteiger partial charge in [0.1, 0.15) is 5.69 Å². The molecular weight excluding hydrogens is 290 g/mol. The molecule has 0 heterocycles. The van der Waals surface area contributed by atoms with Gasteiger partial charge in [0.2, 0.25) is 0 Å². The van der Waals surface area contributed by atoms with Crippen LogP contribution in [-0.2, 0) is 14.3 Å². The molecule has 8 nitrogen and oxygen atoms in total. The molecule has 1 aromatic carbocycles. The summed E-state index contributed by atoms with van der Waals surface area (Å²) in [5.41, 5.74) is -0.287. The number of nitro benzene ring substituents is 1. The second-order valence-electron chi connectivity index (χ2n) is 4.76. The lowest BCUT2D eigenvalue weighted by molar-refractivity contribution is -0.383. The number of anilines is 1. The van der Waals surface area contributed by atoms with Gasteiger partial charge < -0.3 is 15.4 Å². The molecule has 2 N–H and O–H groups in total. The van der Waals surface area contributed by atoms with Gasteiger partial charge in [-0.05, 0) is 26.3 Å². The Kier molecular flexibility index (Phi) is 6.97. The van der Waals surface area contributed by atoms with Crippen LogP contribution in [0.1, 0.15) is 20.3 Å². The van der Waals surface area contributed by atoms with Crippen LogP contribution >= 0.6 is 0 Å². The number of nitrogens with zero attached hydrogens (tertiary/aromatic N) is 1. The molecule has 22 heavy (non-hydrogen) atoms. The van der Waals surface area contributed by atoms with Crippen LogP contribution in [0.4, 0.5) is 11.4 Å². The van der Waals surface area contributed by atoms with Crippen LogP contribution < -0.4 is 10.6 Å². The minimum atomic E-state index is -0.945. The largest absolute Gasteiger partial charge is 0.379 e. The van der Waals surface area contributed by atoms with Gasteiger partial charge in [0.15, 0.2) is 0 Å². The fraction of sp³-hybridized carbons (Fsp3) is 0.429. The van der Waals surface area contributed by atoms with Gasteiger partial charge in [0.25, 0.3) is 5.69 Å². The maximum Gasteiger partial charge on any atom is 0.313 e. The molecule has 0 atom stereocenters. The molecule has 0 aliphatic carbocycles. The van der Waals surface area contributed by atoms with E-state index in [2.05, 4.69) is 10.6 Å². The van der Waals surface area contributed by atoms with Crippen LogP contribution in [0.5, 0.6) is 0 Å². The molecule has 0 fully saturated rings. The normalized spacial score (nSPS) is 10.3. The zero-order valence-corrected chi connectivity index (χ0v) is 12.5. The summed E-state index contributed by atoms with van der Waals surface area (Å²) in [6.07, 6.45) is 0.681. The number of ether oxygens (including phenoxy) is 1. The lowest BCUT2D eigenvalue weighted by atomic mass is 10.2. The number of hydrogen-bond acceptors (Lipinski definition) is 5. The van der Waals surface area contributed by atoms with Crippen LogP contribution in [0.25, 0.3) is 0 Å². The topological polar surface area (TPSA) is 111 Å². The third-order valence-corrected chi connectivity index (χ3v) is 2.61. The van der Waals surface area contributed by atoms with E-state index in [1.165, 1.54) is 24.3 Å². The Morgan fingerprint density at radius 3 is 2.59 bits per heavy atom. The van der Waals surface area contributed by atoms with E-state index in [9.17, 15) is 19.7 Å². The fourth-order valence-electron chi connectivity index (χ4n) is 1.59. The number of nitro groups is 1. The molecule has 0 spiro atoms. The van der Waals surface area contributed by atoms with E-state index in [4.69, 9.17) is 4.74 Å². The Morgan fingerprint density at radius 2 is 1.95 bits per heavy atom. The molecule has 0 aromatic heterocycles. The van der Waals surface area contributed by atoms with Gasteiger partial charge in [-0.1, -0.05) is 12.1 Å². The molecule has 8 heteroatoms. The Balaban J connectivity index is 2.45. The van der Waals surface area contributed by atoms with Crippen LogP contribution in [-0.4, -0.2) is 36.0 Å². The Bertz CT molecular complexity index is 545. The lowest BCUT2D eigenvalue weighted by Crippen LogP contribution is -2.36. The summed E-state index contributed by atoms with van der Waals surface area (Å²) in [7, 11) is 0. The van der Waals surface area contributed by atoms with Gasteiger partial charge in [0.05, 0.1) is 11.0 Å². The van der Waals surface area contributed by atoms with E-state index in [0.717, 1.165) is 0 Å². The molecule has 0 radical (unpaired) electrons. The van der Waals surface area contributed by atoms with Crippen LogP contribution in [0.3, 0.4) is 0 Å². The van der Waals surface area contributed by atoms with E-state index in [1.807, 2.05) is 13.8 Å². The maximum atomic E-state index is 11.7. The number of benzene rings is 1. The predicted molar refractivity (Wildman–Crippen MR) is 80.4 cm³/mol. The minimum Gasteiger partial charge on any atom is -0.379 e. The molecule has 1 rings (SSSR count). The van der Waals surface area contributed by atoms with Gasteiger partial charge in [-0.25, -0.2) is 0 Å². The van der Waals surface area contributed by atoms with Crippen molar-refractivity contribution in [2.75, 3.05) is 18.5 Å². The quantitative estimate of drug-likeness (QED) is 0.343. The zero-order valence-electron chi connectivity index (χ0n) is 12.5. The van der Waals surface area contributed by atoms with E-state index in [0.29, 0.717) is 13.0 Å². The summed E-state index contributed by atoms with van der Waals surface area (Å²) in [5, 5.41) is 15.5. The van der Waals surface area contributed by atoms with Crippen molar-refractivity contribution in [2.24, 2.45) is 0 Å². The first-order valence-electron chi connectivity index (χ1n) is 6.86. The number of carbonyl (C=O) groups is 2. The Labute approximate surface area is 128 Å². The van der Waals surface area contributed by atoms with Crippen molar-refractivity contribution < 1.29 is 19.2 Å². The number of amides is 2. The third-order valence-electron chi connectivity index (χ3n) is 2.61. The molecule has 0 bridgehead atoms. The Morgan fingerprint density at radius 1 is 1.27 bits per heavy atom. The summed E-state index contributed by atoms with van der Waals surface area (Å²) in [4.78, 5) is 33.5. The van der Waals surface area contributed by atoms with E-state index in [-0.39, 0.29) is 24.0 Å².